The van der Waals surface area contributed by atoms with Crippen LogP contribution in [0.2, 0.25) is 0 Å². The molecule has 182 valence electrons. The highest BCUT2D eigenvalue weighted by atomic mass is 32.2. The minimum absolute atomic E-state index is 0.00338. The Hall–Kier alpha value is -2.34. The number of hydrogen-bond acceptors (Lipinski definition) is 8. The normalized spacial score (nSPS) is 24.5. The van der Waals surface area contributed by atoms with E-state index in [-0.39, 0.29) is 16.8 Å². The van der Waals surface area contributed by atoms with Crippen LogP contribution in [0, 0.1) is 0 Å². The lowest BCUT2D eigenvalue weighted by atomic mass is 10.0. The van der Waals surface area contributed by atoms with Crippen LogP contribution in [0.25, 0.3) is 0 Å². The molecule has 1 fully saturated rings. The second-order valence-corrected chi connectivity index (χ2v) is 10.6. The highest BCUT2D eigenvalue weighted by Crippen LogP contribution is 2.33. The van der Waals surface area contributed by atoms with Gasteiger partial charge in [-0.15, -0.1) is 0 Å². The van der Waals surface area contributed by atoms with Crippen molar-refractivity contribution in [1.29, 1.82) is 0 Å². The number of piperazine rings is 1. The molecule has 2 atom stereocenters. The Morgan fingerprint density at radius 2 is 1.82 bits per heavy atom. The van der Waals surface area contributed by atoms with Gasteiger partial charge >= 0.3 is 0 Å². The number of carbonyl (C=O) groups is 1. The van der Waals surface area contributed by atoms with Gasteiger partial charge in [0.1, 0.15) is 17.6 Å². The van der Waals surface area contributed by atoms with E-state index in [4.69, 9.17) is 4.74 Å². The molecular weight excluding hydrogens is 444 g/mol. The molecule has 0 radical (unpaired) electrons. The maximum Gasteiger partial charge on any atom is 0.272 e. The molecule has 0 saturated carbocycles. The van der Waals surface area contributed by atoms with Crippen LogP contribution in [0.3, 0.4) is 0 Å². The number of benzene rings is 1. The van der Waals surface area contributed by atoms with E-state index in [1.54, 1.807) is 23.2 Å². The first kappa shape index (κ1) is 23.8. The molecule has 11 heteroatoms. The lowest BCUT2D eigenvalue weighted by Gasteiger charge is -2.32. The van der Waals surface area contributed by atoms with Crippen LogP contribution < -0.4 is 20.8 Å². The van der Waals surface area contributed by atoms with Crippen LogP contribution >= 0.6 is 0 Å². The molecule has 0 aromatic heterocycles. The third kappa shape index (κ3) is 4.54. The van der Waals surface area contributed by atoms with Crippen molar-refractivity contribution in [3.63, 3.8) is 0 Å². The van der Waals surface area contributed by atoms with Gasteiger partial charge in [0.15, 0.2) is 0 Å². The third-order valence-electron chi connectivity index (χ3n) is 6.35. The van der Waals surface area contributed by atoms with Gasteiger partial charge in [0, 0.05) is 38.8 Å². The Balaban J connectivity index is 1.68. The summed E-state index contributed by atoms with van der Waals surface area (Å²) in [7, 11) is 0.148. The standard InChI is InChI=1S/C22H34N6O4S/c1-5-7-17-19-20(27(4)25-17)22(29)24-21(23-19)16-14-15(8-9-18(16)32-6-2)33(30,31)28-12-10-26(3)11-13-28/h8-9,14,17,21,23,25H,5-7,10-13H2,1-4H3,(H,24,29). The van der Waals surface area contributed by atoms with Crippen molar-refractivity contribution in [3.8, 4) is 5.75 Å². The molecule has 0 aliphatic carbocycles. The van der Waals surface area contributed by atoms with E-state index in [9.17, 15) is 13.2 Å². The van der Waals surface area contributed by atoms with Gasteiger partial charge in [-0.1, -0.05) is 13.3 Å². The van der Waals surface area contributed by atoms with Crippen molar-refractivity contribution in [2.45, 2.75) is 43.8 Å². The number of hydrogen-bond donors (Lipinski definition) is 3. The van der Waals surface area contributed by atoms with Crippen LogP contribution in [0.15, 0.2) is 34.5 Å². The first-order chi connectivity index (χ1) is 15.8. The van der Waals surface area contributed by atoms with Gasteiger partial charge in [0.25, 0.3) is 5.91 Å². The topological polar surface area (TPSA) is 106 Å². The molecule has 1 aromatic carbocycles. The van der Waals surface area contributed by atoms with Gasteiger partial charge in [0.2, 0.25) is 10.0 Å². The molecule has 1 saturated heterocycles. The van der Waals surface area contributed by atoms with Crippen LogP contribution in [-0.4, -0.2) is 81.5 Å². The van der Waals surface area contributed by atoms with Gasteiger partial charge in [-0.25, -0.2) is 13.8 Å². The third-order valence-corrected chi connectivity index (χ3v) is 8.24. The van der Waals surface area contributed by atoms with Crippen LogP contribution in [0.1, 0.15) is 38.4 Å². The first-order valence-electron chi connectivity index (χ1n) is 11.5. The lowest BCUT2D eigenvalue weighted by Crippen LogP contribution is -2.47. The van der Waals surface area contributed by atoms with Crippen LogP contribution in [0.5, 0.6) is 5.75 Å². The minimum Gasteiger partial charge on any atom is -0.493 e. The largest absolute Gasteiger partial charge is 0.493 e. The maximum absolute atomic E-state index is 13.4. The fourth-order valence-electron chi connectivity index (χ4n) is 4.57. The van der Waals surface area contributed by atoms with Gasteiger partial charge in [-0.3, -0.25) is 4.79 Å². The van der Waals surface area contributed by atoms with Crippen LogP contribution in [0.4, 0.5) is 0 Å². The van der Waals surface area contributed by atoms with Gasteiger partial charge < -0.3 is 25.3 Å². The quantitative estimate of drug-likeness (QED) is 0.522. The number of nitrogens with one attached hydrogen (secondary N) is 3. The summed E-state index contributed by atoms with van der Waals surface area (Å²) in [5, 5.41) is 8.16. The highest BCUT2D eigenvalue weighted by Gasteiger charge is 2.39. The molecule has 10 nitrogen and oxygen atoms in total. The zero-order chi connectivity index (χ0) is 23.8. The monoisotopic (exact) mass is 478 g/mol. The number of hydrazine groups is 1. The van der Waals surface area contributed by atoms with E-state index in [1.807, 2.05) is 21.0 Å². The van der Waals surface area contributed by atoms with E-state index in [0.717, 1.165) is 18.5 Å². The first-order valence-corrected chi connectivity index (χ1v) is 13.0. The number of amides is 1. The molecular formula is C22H34N6O4S. The number of ether oxygens (including phenoxy) is 1. The average Bonchev–Trinajstić information content (AvgIpc) is 3.10. The van der Waals surface area contributed by atoms with Crippen molar-refractivity contribution >= 4 is 15.9 Å². The van der Waals surface area contributed by atoms with Gasteiger partial charge in [-0.2, -0.15) is 4.31 Å². The van der Waals surface area contributed by atoms with Crippen LogP contribution in [-0.2, 0) is 14.8 Å². The molecule has 33 heavy (non-hydrogen) atoms. The lowest BCUT2D eigenvalue weighted by molar-refractivity contribution is -0.120. The fraction of sp³-hybridized carbons (Fsp3) is 0.591. The average molecular weight is 479 g/mol. The summed E-state index contributed by atoms with van der Waals surface area (Å²) in [5.74, 6) is 0.333. The molecule has 0 spiro atoms. The Morgan fingerprint density at radius 1 is 1.09 bits per heavy atom. The predicted octanol–water partition coefficient (Wildman–Crippen LogP) is 0.570. The second kappa shape index (κ2) is 9.49. The summed E-state index contributed by atoms with van der Waals surface area (Å²) in [6.45, 7) is 6.69. The van der Waals surface area contributed by atoms with E-state index < -0.39 is 16.2 Å². The summed E-state index contributed by atoms with van der Waals surface area (Å²) in [4.78, 5) is 15.3. The van der Waals surface area contributed by atoms with Gasteiger partial charge in [0.05, 0.1) is 23.2 Å². The second-order valence-electron chi connectivity index (χ2n) is 8.68. The van der Waals surface area contributed by atoms with Crippen molar-refractivity contribution in [1.82, 2.24) is 30.3 Å². The van der Waals surface area contributed by atoms with E-state index in [2.05, 4.69) is 27.9 Å². The van der Waals surface area contributed by atoms with E-state index >= 15 is 0 Å². The number of likely N-dealkylation sites (N-methyl/N-ethyl adjacent to an activating group) is 2. The molecule has 3 aliphatic rings. The molecule has 1 amide bonds. The Morgan fingerprint density at radius 3 is 2.48 bits per heavy atom. The molecule has 0 bridgehead atoms. The highest BCUT2D eigenvalue weighted by molar-refractivity contribution is 7.89. The maximum atomic E-state index is 13.4. The summed E-state index contributed by atoms with van der Waals surface area (Å²) < 4.78 is 34.0. The zero-order valence-electron chi connectivity index (χ0n) is 19.7. The molecule has 3 aliphatic heterocycles. The minimum atomic E-state index is -3.66. The van der Waals surface area contributed by atoms with Crippen molar-refractivity contribution in [3.05, 3.63) is 35.2 Å². The molecule has 2 unspecified atom stereocenters. The molecule has 3 N–H and O–H groups in total. The predicted molar refractivity (Wildman–Crippen MR) is 125 cm³/mol. The smallest absolute Gasteiger partial charge is 0.272 e. The number of carbonyl (C=O) groups excluding carboxylic acids is 1. The number of sulfonamides is 1. The zero-order valence-corrected chi connectivity index (χ0v) is 20.5. The fourth-order valence-corrected chi connectivity index (χ4v) is 6.03. The van der Waals surface area contributed by atoms with Crippen molar-refractivity contribution in [2.75, 3.05) is 46.9 Å². The number of rotatable bonds is 7. The molecule has 1 aromatic rings. The molecule has 4 rings (SSSR count). The molecule has 3 heterocycles. The van der Waals surface area contributed by atoms with E-state index in [0.29, 0.717) is 49.8 Å². The van der Waals surface area contributed by atoms with Crippen molar-refractivity contribution < 1.29 is 17.9 Å². The Bertz CT molecular complexity index is 1040. The summed E-state index contributed by atoms with van der Waals surface area (Å²) in [6, 6.07) is 4.89. The Kier molecular flexibility index (Phi) is 6.85. The number of nitrogens with zero attached hydrogens (tertiary/aromatic N) is 3. The van der Waals surface area contributed by atoms with Gasteiger partial charge in [-0.05, 0) is 38.6 Å². The van der Waals surface area contributed by atoms with Crippen molar-refractivity contribution in [2.24, 2.45) is 0 Å². The Labute approximate surface area is 195 Å². The summed E-state index contributed by atoms with van der Waals surface area (Å²) in [5.41, 5.74) is 5.29. The summed E-state index contributed by atoms with van der Waals surface area (Å²) >= 11 is 0. The van der Waals surface area contributed by atoms with E-state index in [1.165, 1.54) is 4.31 Å². The summed E-state index contributed by atoms with van der Waals surface area (Å²) in [6.07, 6.45) is 1.22. The SMILES string of the molecule is CCCC1NN(C)C2=C1NC(c1cc(S(=O)(=O)N3CCN(C)CC3)ccc1OCC)NC2=O.